The number of alkyl halides is 2. The quantitative estimate of drug-likeness (QED) is 0.678. The molecule has 1 amide bonds. The zero-order chi connectivity index (χ0) is 13.7. The van der Waals surface area contributed by atoms with Gasteiger partial charge in [-0.1, -0.05) is 0 Å². The first-order chi connectivity index (χ1) is 8.45. The van der Waals surface area contributed by atoms with Gasteiger partial charge in [0.15, 0.2) is 0 Å². The van der Waals surface area contributed by atoms with E-state index in [-0.39, 0.29) is 11.3 Å². The van der Waals surface area contributed by atoms with Crippen LogP contribution in [0.5, 0.6) is 5.75 Å². The van der Waals surface area contributed by atoms with Gasteiger partial charge in [0.2, 0.25) is 0 Å². The third-order valence-corrected chi connectivity index (χ3v) is 2.23. The zero-order valence-electron chi connectivity index (χ0n) is 9.69. The molecule has 18 heavy (non-hydrogen) atoms. The fraction of sp³-hybridized carbons (Fsp3) is 0.364. The molecule has 1 rings (SSSR count). The van der Waals surface area contributed by atoms with Gasteiger partial charge in [-0.3, -0.25) is 4.79 Å². The van der Waals surface area contributed by atoms with Crippen LogP contribution in [0.1, 0.15) is 10.4 Å². The molecule has 0 fully saturated rings. The average Bonchev–Trinajstić information content (AvgIpc) is 2.34. The minimum absolute atomic E-state index is 0.160. The first-order valence-corrected chi connectivity index (χ1v) is 5.13. The van der Waals surface area contributed by atoms with E-state index in [4.69, 9.17) is 15.6 Å². The second-order valence-corrected chi connectivity index (χ2v) is 3.57. The van der Waals surface area contributed by atoms with Gasteiger partial charge in [0, 0.05) is 18.3 Å². The van der Waals surface area contributed by atoms with Crippen molar-refractivity contribution in [2.45, 2.75) is 12.5 Å². The topological polar surface area (TPSA) is 84.6 Å². The summed E-state index contributed by atoms with van der Waals surface area (Å²) >= 11 is 0. The number of amides is 1. The normalized spacial score (nSPS) is 12.3. The zero-order valence-corrected chi connectivity index (χ0v) is 9.69. The number of aliphatic hydroxyl groups excluding tert-OH is 1. The van der Waals surface area contributed by atoms with Crippen molar-refractivity contribution in [3.63, 3.8) is 0 Å². The Bertz CT molecular complexity index is 427. The van der Waals surface area contributed by atoms with Crippen LogP contribution in [-0.2, 0) is 0 Å². The molecule has 0 bridgehead atoms. The Morgan fingerprint density at radius 3 is 2.78 bits per heavy atom. The van der Waals surface area contributed by atoms with Crippen LogP contribution in [-0.4, -0.2) is 37.2 Å². The molecule has 1 unspecified atom stereocenters. The Morgan fingerprint density at radius 2 is 2.22 bits per heavy atom. The Kier molecular flexibility index (Phi) is 4.85. The summed E-state index contributed by atoms with van der Waals surface area (Å²) in [6.45, 7) is -0.538. The van der Waals surface area contributed by atoms with E-state index in [2.05, 4.69) is 5.32 Å². The van der Waals surface area contributed by atoms with Crippen LogP contribution in [0.15, 0.2) is 18.2 Å². The lowest BCUT2D eigenvalue weighted by molar-refractivity contribution is -0.00271. The molecule has 4 N–H and O–H groups in total. The summed E-state index contributed by atoms with van der Waals surface area (Å²) in [6.07, 6.45) is -4.80. The molecule has 100 valence electrons. The second kappa shape index (κ2) is 6.15. The molecule has 5 nitrogen and oxygen atoms in total. The highest BCUT2D eigenvalue weighted by Crippen LogP contribution is 2.21. The van der Waals surface area contributed by atoms with Gasteiger partial charge in [0.25, 0.3) is 12.3 Å². The molecule has 0 aromatic heterocycles. The summed E-state index contributed by atoms with van der Waals surface area (Å²) in [7, 11) is 1.36. The second-order valence-electron chi connectivity index (χ2n) is 3.57. The van der Waals surface area contributed by atoms with Gasteiger partial charge in [-0.25, -0.2) is 8.78 Å². The number of aliphatic hydroxyl groups is 1. The highest BCUT2D eigenvalue weighted by Gasteiger charge is 2.19. The predicted molar refractivity (Wildman–Crippen MR) is 61.8 cm³/mol. The van der Waals surface area contributed by atoms with Crippen molar-refractivity contribution in [2.24, 2.45) is 0 Å². The molecular weight excluding hydrogens is 246 g/mol. The smallest absolute Gasteiger partial charge is 0.265 e. The summed E-state index contributed by atoms with van der Waals surface area (Å²) in [4.78, 5) is 11.7. The molecule has 1 aromatic carbocycles. The summed E-state index contributed by atoms with van der Waals surface area (Å²) in [6, 6.07) is 4.34. The molecule has 0 aliphatic carbocycles. The molecule has 0 saturated carbocycles. The molecule has 1 aromatic rings. The van der Waals surface area contributed by atoms with Crippen molar-refractivity contribution >= 4 is 11.6 Å². The van der Waals surface area contributed by atoms with E-state index in [1.54, 1.807) is 0 Å². The molecule has 0 saturated heterocycles. The number of carbonyl (C=O) groups is 1. The van der Waals surface area contributed by atoms with E-state index < -0.39 is 25.0 Å². The van der Waals surface area contributed by atoms with Gasteiger partial charge in [-0.05, 0) is 12.1 Å². The maximum absolute atomic E-state index is 12.0. The Balaban J connectivity index is 2.72. The molecule has 0 aliphatic heterocycles. The van der Waals surface area contributed by atoms with Crippen molar-refractivity contribution in [1.29, 1.82) is 0 Å². The van der Waals surface area contributed by atoms with Crippen LogP contribution >= 0.6 is 0 Å². The minimum Gasteiger partial charge on any atom is -0.496 e. The van der Waals surface area contributed by atoms with Crippen LogP contribution in [0.2, 0.25) is 0 Å². The maximum Gasteiger partial charge on any atom is 0.265 e. The summed E-state index contributed by atoms with van der Waals surface area (Å²) in [5.74, 6) is -0.384. The van der Waals surface area contributed by atoms with Gasteiger partial charge >= 0.3 is 0 Å². The monoisotopic (exact) mass is 260 g/mol. The maximum atomic E-state index is 12.0. The molecule has 7 heteroatoms. The standard InChI is InChI=1S/C11H14F2N2O3/c1-18-9-4-6(14)2-3-7(9)11(17)15-5-8(16)10(12)13/h2-4,8,10,16H,5,14H2,1H3,(H,15,17). The summed E-state index contributed by atoms with van der Waals surface area (Å²) < 4.78 is 29.0. The lowest BCUT2D eigenvalue weighted by Gasteiger charge is -2.12. The number of carbonyl (C=O) groups excluding carboxylic acids is 1. The van der Waals surface area contributed by atoms with E-state index in [1.807, 2.05) is 0 Å². The highest BCUT2D eigenvalue weighted by atomic mass is 19.3. The molecule has 0 heterocycles. The fourth-order valence-electron chi connectivity index (χ4n) is 1.28. The Hall–Kier alpha value is -1.89. The predicted octanol–water partition coefficient (Wildman–Crippen LogP) is 0.633. The SMILES string of the molecule is COc1cc(N)ccc1C(=O)NCC(O)C(F)F. The van der Waals surface area contributed by atoms with Gasteiger partial charge in [-0.15, -0.1) is 0 Å². The number of ether oxygens (including phenoxy) is 1. The van der Waals surface area contributed by atoms with Crippen LogP contribution in [0.3, 0.4) is 0 Å². The number of hydrogen-bond acceptors (Lipinski definition) is 4. The molecular formula is C11H14F2N2O3. The third kappa shape index (κ3) is 3.56. The first-order valence-electron chi connectivity index (χ1n) is 5.13. The van der Waals surface area contributed by atoms with E-state index in [0.29, 0.717) is 5.69 Å². The van der Waals surface area contributed by atoms with Crippen LogP contribution in [0, 0.1) is 0 Å². The number of methoxy groups -OCH3 is 1. The Morgan fingerprint density at radius 1 is 1.56 bits per heavy atom. The van der Waals surface area contributed by atoms with Crippen molar-refractivity contribution in [3.8, 4) is 5.75 Å². The fourth-order valence-corrected chi connectivity index (χ4v) is 1.28. The van der Waals surface area contributed by atoms with E-state index in [9.17, 15) is 13.6 Å². The first kappa shape index (κ1) is 14.2. The number of nitrogens with one attached hydrogen (secondary N) is 1. The summed E-state index contributed by atoms with van der Waals surface area (Å²) in [5, 5.41) is 11.1. The van der Waals surface area contributed by atoms with Crippen molar-refractivity contribution in [2.75, 3.05) is 19.4 Å². The van der Waals surface area contributed by atoms with Crippen molar-refractivity contribution in [1.82, 2.24) is 5.32 Å². The van der Waals surface area contributed by atoms with Gasteiger partial charge in [-0.2, -0.15) is 0 Å². The number of halogens is 2. The van der Waals surface area contributed by atoms with Crippen molar-refractivity contribution < 1.29 is 23.4 Å². The van der Waals surface area contributed by atoms with Gasteiger partial charge in [0.1, 0.15) is 11.9 Å². The lowest BCUT2D eigenvalue weighted by atomic mass is 10.1. The number of nitrogen functional groups attached to an aromatic ring is 1. The Labute approximate surface area is 103 Å². The minimum atomic E-state index is -2.90. The molecule has 0 radical (unpaired) electrons. The number of anilines is 1. The molecule has 1 atom stereocenters. The van der Waals surface area contributed by atoms with E-state index >= 15 is 0 Å². The number of rotatable bonds is 5. The highest BCUT2D eigenvalue weighted by molar-refractivity contribution is 5.97. The molecule has 0 aliphatic rings. The third-order valence-electron chi connectivity index (χ3n) is 2.23. The summed E-state index contributed by atoms with van der Waals surface area (Å²) in [5.41, 5.74) is 6.09. The van der Waals surface area contributed by atoms with Crippen LogP contribution in [0.4, 0.5) is 14.5 Å². The van der Waals surface area contributed by atoms with Gasteiger partial charge in [0.05, 0.1) is 12.7 Å². The average molecular weight is 260 g/mol. The largest absolute Gasteiger partial charge is 0.496 e. The van der Waals surface area contributed by atoms with Crippen molar-refractivity contribution in [3.05, 3.63) is 23.8 Å². The number of hydrogen-bond donors (Lipinski definition) is 3. The number of nitrogens with two attached hydrogens (primary N) is 1. The lowest BCUT2D eigenvalue weighted by Crippen LogP contribution is -2.35. The molecule has 0 spiro atoms. The van der Waals surface area contributed by atoms with E-state index in [1.165, 1.54) is 25.3 Å². The van der Waals surface area contributed by atoms with E-state index in [0.717, 1.165) is 0 Å². The van der Waals surface area contributed by atoms with Gasteiger partial charge < -0.3 is 20.9 Å². The van der Waals surface area contributed by atoms with Crippen LogP contribution < -0.4 is 15.8 Å². The van der Waals surface area contributed by atoms with Crippen LogP contribution in [0.25, 0.3) is 0 Å². The number of benzene rings is 1.